The summed E-state index contributed by atoms with van der Waals surface area (Å²) < 4.78 is 51.5. The molecule has 0 spiro atoms. The highest BCUT2D eigenvalue weighted by Crippen LogP contribution is 2.33. The van der Waals surface area contributed by atoms with E-state index in [2.05, 4.69) is 9.97 Å². The van der Waals surface area contributed by atoms with Gasteiger partial charge in [0, 0.05) is 11.1 Å². The number of H-pyrrole nitrogens is 1. The molecule has 106 valence electrons. The second-order valence-electron chi connectivity index (χ2n) is 4.11. The Labute approximate surface area is 117 Å². The molecule has 0 fully saturated rings. The lowest BCUT2D eigenvalue weighted by atomic mass is 10.0. The number of hydrogen-bond acceptors (Lipinski definition) is 2. The first-order valence-corrected chi connectivity index (χ1v) is 6.19. The number of benzene rings is 1. The van der Waals surface area contributed by atoms with Crippen molar-refractivity contribution in [2.45, 2.75) is 19.5 Å². The van der Waals surface area contributed by atoms with Crippen molar-refractivity contribution in [2.75, 3.05) is 0 Å². The molecule has 0 amide bonds. The molecule has 0 aliphatic carbocycles. The number of hydrogen-bond donors (Lipinski definition) is 1. The average molecular weight is 302 g/mol. The highest BCUT2D eigenvalue weighted by Gasteiger charge is 2.34. The molecule has 7 heteroatoms. The van der Waals surface area contributed by atoms with Crippen molar-refractivity contribution in [2.24, 2.45) is 0 Å². The van der Waals surface area contributed by atoms with Crippen LogP contribution < -0.4 is 0 Å². The van der Waals surface area contributed by atoms with Gasteiger partial charge in [-0.3, -0.25) is 0 Å². The number of rotatable bonds is 2. The van der Waals surface area contributed by atoms with E-state index in [1.54, 1.807) is 0 Å². The van der Waals surface area contributed by atoms with E-state index in [1.807, 2.05) is 6.92 Å². The van der Waals surface area contributed by atoms with E-state index in [4.69, 9.17) is 12.2 Å². The van der Waals surface area contributed by atoms with Crippen molar-refractivity contribution in [1.29, 1.82) is 0 Å². The van der Waals surface area contributed by atoms with Crippen molar-refractivity contribution in [1.82, 2.24) is 9.97 Å². The second kappa shape index (κ2) is 5.32. The molecule has 1 N–H and O–H groups in total. The lowest BCUT2D eigenvalue weighted by molar-refractivity contribution is -0.139. The molecule has 1 aromatic heterocycles. The average Bonchev–Trinajstić information content (AvgIpc) is 2.36. The molecule has 0 unspecified atom stereocenters. The van der Waals surface area contributed by atoms with Gasteiger partial charge in [-0.2, -0.15) is 13.2 Å². The molecule has 0 saturated heterocycles. The Morgan fingerprint density at radius 3 is 2.55 bits per heavy atom. The van der Waals surface area contributed by atoms with E-state index in [1.165, 1.54) is 12.4 Å². The molecule has 2 rings (SSSR count). The normalized spacial score (nSPS) is 11.7. The molecule has 20 heavy (non-hydrogen) atoms. The number of aromatic nitrogens is 2. The minimum absolute atomic E-state index is 0.306. The number of aromatic amines is 1. The molecule has 1 aromatic carbocycles. The van der Waals surface area contributed by atoms with Crippen LogP contribution in [0.15, 0.2) is 24.5 Å². The quantitative estimate of drug-likeness (QED) is 0.652. The SMILES string of the molecule is CCc1c(-c2ccc(C(F)(F)F)c(F)c2)[nH]cnc1=S. The summed E-state index contributed by atoms with van der Waals surface area (Å²) in [6.07, 6.45) is -2.82. The van der Waals surface area contributed by atoms with Crippen molar-refractivity contribution in [3.63, 3.8) is 0 Å². The minimum Gasteiger partial charge on any atom is -0.346 e. The first kappa shape index (κ1) is 14.6. The van der Waals surface area contributed by atoms with Crippen LogP contribution in [0.25, 0.3) is 11.3 Å². The van der Waals surface area contributed by atoms with Crippen molar-refractivity contribution in [3.05, 3.63) is 46.1 Å². The Kier molecular flexibility index (Phi) is 3.89. The maximum atomic E-state index is 13.6. The maximum Gasteiger partial charge on any atom is 0.419 e. The summed E-state index contributed by atoms with van der Waals surface area (Å²) in [4.78, 5) is 6.71. The third kappa shape index (κ3) is 2.72. The molecule has 0 atom stereocenters. The first-order chi connectivity index (χ1) is 9.34. The Bertz CT molecular complexity index is 692. The van der Waals surface area contributed by atoms with Gasteiger partial charge in [-0.05, 0) is 18.6 Å². The van der Waals surface area contributed by atoms with Gasteiger partial charge in [-0.1, -0.05) is 25.2 Å². The Balaban J connectivity index is 2.59. The Morgan fingerprint density at radius 2 is 2.00 bits per heavy atom. The fourth-order valence-corrected chi connectivity index (χ4v) is 2.21. The zero-order valence-electron chi connectivity index (χ0n) is 10.4. The second-order valence-corrected chi connectivity index (χ2v) is 4.49. The van der Waals surface area contributed by atoms with Crippen LogP contribution in [0.1, 0.15) is 18.1 Å². The Morgan fingerprint density at radius 1 is 1.30 bits per heavy atom. The summed E-state index contributed by atoms with van der Waals surface area (Å²) in [5.41, 5.74) is 0.176. The van der Waals surface area contributed by atoms with Gasteiger partial charge < -0.3 is 4.98 Å². The van der Waals surface area contributed by atoms with Gasteiger partial charge in [0.1, 0.15) is 10.5 Å². The number of nitrogens with one attached hydrogen (secondary N) is 1. The topological polar surface area (TPSA) is 28.7 Å². The lowest BCUT2D eigenvalue weighted by Crippen LogP contribution is -2.08. The zero-order chi connectivity index (χ0) is 14.9. The lowest BCUT2D eigenvalue weighted by Gasteiger charge is -2.11. The molecular weight excluding hydrogens is 292 g/mol. The third-order valence-electron chi connectivity index (χ3n) is 2.87. The molecule has 2 nitrogen and oxygen atoms in total. The summed E-state index contributed by atoms with van der Waals surface area (Å²) in [5.74, 6) is -1.31. The molecule has 2 aromatic rings. The largest absolute Gasteiger partial charge is 0.419 e. The first-order valence-electron chi connectivity index (χ1n) is 5.78. The molecule has 0 saturated carbocycles. The van der Waals surface area contributed by atoms with Gasteiger partial charge in [0.05, 0.1) is 17.6 Å². The van der Waals surface area contributed by atoms with Crippen LogP contribution in [0.4, 0.5) is 17.6 Å². The van der Waals surface area contributed by atoms with Crippen LogP contribution in [0.5, 0.6) is 0 Å². The summed E-state index contributed by atoms with van der Waals surface area (Å²) >= 11 is 5.05. The van der Waals surface area contributed by atoms with Gasteiger partial charge in [0.15, 0.2) is 0 Å². The monoisotopic (exact) mass is 302 g/mol. The van der Waals surface area contributed by atoms with Crippen molar-refractivity contribution in [3.8, 4) is 11.3 Å². The van der Waals surface area contributed by atoms with Gasteiger partial charge in [-0.15, -0.1) is 0 Å². The van der Waals surface area contributed by atoms with Gasteiger partial charge >= 0.3 is 6.18 Å². The molecule has 0 aliphatic heterocycles. The van der Waals surface area contributed by atoms with E-state index in [9.17, 15) is 17.6 Å². The molecule has 0 aliphatic rings. The van der Waals surface area contributed by atoms with Gasteiger partial charge in [0.25, 0.3) is 0 Å². The van der Waals surface area contributed by atoms with Crippen LogP contribution in [-0.4, -0.2) is 9.97 Å². The highest BCUT2D eigenvalue weighted by atomic mass is 32.1. The Hall–Kier alpha value is -1.76. The number of nitrogens with zero attached hydrogens (tertiary/aromatic N) is 1. The predicted molar refractivity (Wildman–Crippen MR) is 69.2 cm³/mol. The maximum absolute atomic E-state index is 13.6. The van der Waals surface area contributed by atoms with E-state index >= 15 is 0 Å². The summed E-state index contributed by atoms with van der Waals surface area (Å²) in [5, 5.41) is 0. The molecular formula is C13H10F4N2S. The van der Waals surface area contributed by atoms with Gasteiger partial charge in [-0.25, -0.2) is 9.37 Å². The van der Waals surface area contributed by atoms with Crippen LogP contribution >= 0.6 is 12.2 Å². The van der Waals surface area contributed by atoms with Crippen molar-refractivity contribution < 1.29 is 17.6 Å². The molecule has 1 heterocycles. The number of halogens is 4. The van der Waals surface area contributed by atoms with Crippen LogP contribution in [0.2, 0.25) is 0 Å². The third-order valence-corrected chi connectivity index (χ3v) is 3.22. The van der Waals surface area contributed by atoms with E-state index in [0.717, 1.165) is 12.1 Å². The van der Waals surface area contributed by atoms with E-state index in [-0.39, 0.29) is 0 Å². The summed E-state index contributed by atoms with van der Waals surface area (Å²) in [6, 6.07) is 2.79. The minimum atomic E-state index is -4.71. The molecule has 0 bridgehead atoms. The van der Waals surface area contributed by atoms with Crippen molar-refractivity contribution >= 4 is 12.2 Å². The van der Waals surface area contributed by atoms with Crippen LogP contribution in [-0.2, 0) is 12.6 Å². The zero-order valence-corrected chi connectivity index (χ0v) is 11.2. The van der Waals surface area contributed by atoms with Crippen LogP contribution in [0, 0.1) is 10.5 Å². The van der Waals surface area contributed by atoms with E-state index in [0.29, 0.717) is 27.9 Å². The van der Waals surface area contributed by atoms with E-state index < -0.39 is 17.6 Å². The molecule has 0 radical (unpaired) electrons. The summed E-state index contributed by atoms with van der Waals surface area (Å²) in [6.45, 7) is 1.84. The smallest absolute Gasteiger partial charge is 0.346 e. The fourth-order valence-electron chi connectivity index (χ4n) is 1.91. The predicted octanol–water partition coefficient (Wildman–Crippen LogP) is 4.53. The highest BCUT2D eigenvalue weighted by molar-refractivity contribution is 7.71. The fraction of sp³-hybridized carbons (Fsp3) is 0.231. The summed E-state index contributed by atoms with van der Waals surface area (Å²) in [7, 11) is 0. The van der Waals surface area contributed by atoms with Gasteiger partial charge in [0.2, 0.25) is 0 Å². The standard InChI is InChI=1S/C13H10F4N2S/c1-2-8-11(18-6-19-12(8)20)7-3-4-9(10(14)5-7)13(15,16)17/h3-6H,2H2,1H3,(H,18,19,20). The number of alkyl halides is 3. The van der Waals surface area contributed by atoms with Crippen LogP contribution in [0.3, 0.4) is 0 Å².